The van der Waals surface area contributed by atoms with Crippen molar-refractivity contribution in [3.8, 4) is 0 Å². The maximum atomic E-state index is 15.7. The number of amides is 1. The summed E-state index contributed by atoms with van der Waals surface area (Å²) >= 11 is 8.32. The van der Waals surface area contributed by atoms with Gasteiger partial charge in [0, 0.05) is 84.4 Å². The number of carbonyl (C=O) groups is 4. The summed E-state index contributed by atoms with van der Waals surface area (Å²) in [6, 6.07) is 12.7. The SMILES string of the molecule is CC[C@]1(O)C[C@H]2CN(CCC3=C(Cc4ccc(SCc5ccccc5Cl)cc43)[C@@](C(=O)OC)(C3C=C4C(=CC3OC)N(C=O)[C@H]3[C@@](O)(C(=O)OC)[C@H](OC(C)=O)[C@]5(CC)C=CCN6CC[C@]43[C@@H]65)C2)C1. The van der Waals surface area contributed by atoms with Crippen molar-refractivity contribution in [1.29, 1.82) is 0 Å². The number of fused-ring (bicyclic) bond motifs is 5. The molecular formula is C54H64ClN3O10S. The number of halogens is 1. The van der Waals surface area contributed by atoms with E-state index in [9.17, 15) is 24.6 Å². The Hall–Kier alpha value is -4.28. The molecule has 10 rings (SSSR count). The molecule has 3 unspecified atom stereocenters. The van der Waals surface area contributed by atoms with Crippen molar-refractivity contribution < 1.29 is 48.3 Å². The molecule has 5 aliphatic heterocycles. The fourth-order valence-electron chi connectivity index (χ4n) is 15.1. The molecule has 368 valence electrons. The highest BCUT2D eigenvalue weighted by Gasteiger charge is 2.82. The molecule has 13 nitrogen and oxygen atoms in total. The number of nitrogens with zero attached hydrogens (tertiary/aromatic N) is 3. The average molecular weight is 983 g/mol. The van der Waals surface area contributed by atoms with Crippen LogP contribution in [0, 0.1) is 28.1 Å². The standard InChI is InChI=1S/C54H64ClN3O10S/c1-7-50(63)26-33-27-53(48(61)66-5,39-22-34-14-15-36(69-29-35-12-9-10-13-42(35)55)23-38(34)37(39)16-20-56(28-33)30-50)41-24-40-43(25-44(41)65-4)58(31-59)46-52(40)18-21-57-19-11-17-51(8-2,45(52)57)47(68-32(3)60)54(46,64)49(62)67-6/h9-15,17,23-25,31,33,41,44-47,63-64H,7-8,16,18-22,26-30H2,1-6H3/t33-,41?,44?,45+,46-,47-,50+,51-,52-,53-,54+/m1/s1. The van der Waals surface area contributed by atoms with Crippen molar-refractivity contribution >= 4 is 53.3 Å². The van der Waals surface area contributed by atoms with Crippen molar-refractivity contribution in [1.82, 2.24) is 14.7 Å². The number of thioether (sulfide) groups is 1. The predicted molar refractivity (Wildman–Crippen MR) is 260 cm³/mol. The van der Waals surface area contributed by atoms with Crippen molar-refractivity contribution in [2.24, 2.45) is 28.1 Å². The Labute approximate surface area is 413 Å². The summed E-state index contributed by atoms with van der Waals surface area (Å²) in [5.41, 5.74) is -0.562. The highest BCUT2D eigenvalue weighted by Crippen LogP contribution is 2.71. The summed E-state index contributed by atoms with van der Waals surface area (Å²) in [6.07, 6.45) is 9.81. The van der Waals surface area contributed by atoms with Gasteiger partial charge in [-0.2, -0.15) is 0 Å². The third-order valence-electron chi connectivity index (χ3n) is 17.7. The van der Waals surface area contributed by atoms with Crippen LogP contribution in [0.5, 0.6) is 0 Å². The van der Waals surface area contributed by atoms with E-state index in [4.69, 9.17) is 30.5 Å². The first-order valence-electron chi connectivity index (χ1n) is 24.5. The van der Waals surface area contributed by atoms with Crippen LogP contribution >= 0.6 is 23.4 Å². The Morgan fingerprint density at radius 3 is 2.45 bits per heavy atom. The summed E-state index contributed by atoms with van der Waals surface area (Å²) in [5, 5.41) is 26.4. The highest BCUT2D eigenvalue weighted by atomic mass is 35.5. The van der Waals surface area contributed by atoms with Gasteiger partial charge in [-0.25, -0.2) is 4.79 Å². The molecule has 3 aliphatic carbocycles. The van der Waals surface area contributed by atoms with Crippen LogP contribution in [-0.4, -0.2) is 139 Å². The Morgan fingerprint density at radius 2 is 1.75 bits per heavy atom. The van der Waals surface area contributed by atoms with Crippen LogP contribution in [0.15, 0.2) is 88.5 Å². The van der Waals surface area contributed by atoms with Crippen LogP contribution in [0.4, 0.5) is 0 Å². The summed E-state index contributed by atoms with van der Waals surface area (Å²) in [6.45, 7) is 8.28. The van der Waals surface area contributed by atoms with Crippen molar-refractivity contribution in [2.45, 2.75) is 112 Å². The number of piperidine rings is 1. The number of hydrogen-bond acceptors (Lipinski definition) is 13. The molecule has 8 aliphatic rings. The number of likely N-dealkylation sites (tertiary alicyclic amines) is 1. The first kappa shape index (κ1) is 48.4. The lowest BCUT2D eigenvalue weighted by Crippen LogP contribution is -2.80. The van der Waals surface area contributed by atoms with E-state index in [-0.39, 0.29) is 5.92 Å². The fourth-order valence-corrected chi connectivity index (χ4v) is 16.3. The minimum Gasteiger partial charge on any atom is -0.468 e. The molecule has 12 atom stereocenters. The first-order chi connectivity index (χ1) is 33.1. The van der Waals surface area contributed by atoms with Crippen LogP contribution in [0.3, 0.4) is 0 Å². The third-order valence-corrected chi connectivity index (χ3v) is 19.1. The van der Waals surface area contributed by atoms with E-state index >= 15 is 4.79 Å². The van der Waals surface area contributed by atoms with Gasteiger partial charge in [0.1, 0.15) is 0 Å². The molecule has 0 radical (unpaired) electrons. The largest absolute Gasteiger partial charge is 0.468 e. The number of ether oxygens (including phenoxy) is 4. The number of carbonyl (C=O) groups excluding carboxylic acids is 4. The van der Waals surface area contributed by atoms with E-state index < -0.39 is 75.6 Å². The fraction of sp³-hybridized carbons (Fsp3) is 0.556. The second kappa shape index (κ2) is 17.8. The van der Waals surface area contributed by atoms with Crippen LogP contribution in [0.25, 0.3) is 5.57 Å². The molecule has 69 heavy (non-hydrogen) atoms. The molecule has 4 fully saturated rings. The normalized spacial score (nSPS) is 37.4. The monoisotopic (exact) mass is 981 g/mol. The maximum absolute atomic E-state index is 15.7. The smallest absolute Gasteiger partial charge is 0.344 e. The molecule has 15 heteroatoms. The van der Waals surface area contributed by atoms with Crippen LogP contribution in [-0.2, 0) is 50.3 Å². The van der Waals surface area contributed by atoms with Gasteiger partial charge in [-0.3, -0.25) is 24.2 Å². The lowest BCUT2D eigenvalue weighted by atomic mass is 9.47. The van der Waals surface area contributed by atoms with Gasteiger partial charge < -0.3 is 34.1 Å². The molecule has 0 aromatic heterocycles. The van der Waals surface area contributed by atoms with E-state index in [2.05, 4.69) is 34.1 Å². The summed E-state index contributed by atoms with van der Waals surface area (Å²) in [5.74, 6) is -2.25. The van der Waals surface area contributed by atoms with Crippen LogP contribution in [0.1, 0.15) is 76.0 Å². The second-order valence-corrected chi connectivity index (χ2v) is 22.2. The Bertz CT molecular complexity index is 2600. The number of hydrogen-bond donors (Lipinski definition) is 2. The number of allylic oxidation sites excluding steroid dienone is 1. The zero-order chi connectivity index (χ0) is 48.8. The van der Waals surface area contributed by atoms with E-state index in [1.165, 1.54) is 26.0 Å². The number of aliphatic hydroxyl groups is 2. The van der Waals surface area contributed by atoms with E-state index in [1.807, 2.05) is 56.3 Å². The first-order valence-corrected chi connectivity index (χ1v) is 25.8. The van der Waals surface area contributed by atoms with Gasteiger partial charge in [0.05, 0.1) is 37.4 Å². The van der Waals surface area contributed by atoms with Gasteiger partial charge in [-0.05, 0) is 115 Å². The zero-order valence-electron chi connectivity index (χ0n) is 40.4. The molecule has 5 heterocycles. The number of methoxy groups -OCH3 is 3. The van der Waals surface area contributed by atoms with Crippen molar-refractivity contribution in [3.05, 3.63) is 105 Å². The maximum Gasteiger partial charge on any atom is 0.344 e. The molecule has 2 bridgehead atoms. The lowest BCUT2D eigenvalue weighted by Gasteiger charge is -2.63. The molecule has 2 aromatic carbocycles. The van der Waals surface area contributed by atoms with Crippen molar-refractivity contribution in [2.75, 3.05) is 54.1 Å². The van der Waals surface area contributed by atoms with Gasteiger partial charge in [0.2, 0.25) is 12.0 Å². The Morgan fingerprint density at radius 1 is 0.971 bits per heavy atom. The van der Waals surface area contributed by atoms with Crippen LogP contribution in [0.2, 0.25) is 5.02 Å². The number of rotatable bonds is 11. The summed E-state index contributed by atoms with van der Waals surface area (Å²) in [4.78, 5) is 64.5. The summed E-state index contributed by atoms with van der Waals surface area (Å²) in [7, 11) is 4.24. The highest BCUT2D eigenvalue weighted by molar-refractivity contribution is 7.98. The molecule has 2 aromatic rings. The molecule has 1 amide bonds. The molecular weight excluding hydrogens is 918 g/mol. The lowest BCUT2D eigenvalue weighted by molar-refractivity contribution is -0.242. The van der Waals surface area contributed by atoms with E-state index in [0.29, 0.717) is 95.5 Å². The molecule has 3 saturated heterocycles. The van der Waals surface area contributed by atoms with Crippen molar-refractivity contribution in [3.63, 3.8) is 0 Å². The predicted octanol–water partition coefficient (Wildman–Crippen LogP) is 6.53. The van der Waals surface area contributed by atoms with E-state index in [0.717, 1.165) is 43.3 Å². The summed E-state index contributed by atoms with van der Waals surface area (Å²) < 4.78 is 24.2. The van der Waals surface area contributed by atoms with Crippen LogP contribution < -0.4 is 0 Å². The van der Waals surface area contributed by atoms with Gasteiger partial charge in [-0.15, -0.1) is 11.8 Å². The number of esters is 3. The molecule has 2 N–H and O–H groups in total. The van der Waals surface area contributed by atoms with E-state index in [1.54, 1.807) is 18.9 Å². The number of benzene rings is 2. The van der Waals surface area contributed by atoms with Gasteiger partial charge in [0.25, 0.3) is 0 Å². The average Bonchev–Trinajstić information content (AvgIpc) is 4.02. The van der Waals surface area contributed by atoms with Gasteiger partial charge in [0.15, 0.2) is 6.10 Å². The Balaban J connectivity index is 1.20. The molecule has 1 saturated carbocycles. The quantitative estimate of drug-likeness (QED) is 0.0826. The van der Waals surface area contributed by atoms with Gasteiger partial charge in [-0.1, -0.05) is 67.9 Å². The topological polar surface area (TPSA) is 155 Å². The minimum absolute atomic E-state index is 0.121. The molecule has 1 spiro atoms. The second-order valence-electron chi connectivity index (χ2n) is 20.8. The Kier molecular flexibility index (Phi) is 12.5. The third kappa shape index (κ3) is 7.04. The minimum atomic E-state index is -2.53. The zero-order valence-corrected chi connectivity index (χ0v) is 41.9. The van der Waals surface area contributed by atoms with Gasteiger partial charge >= 0.3 is 17.9 Å².